The summed E-state index contributed by atoms with van der Waals surface area (Å²) < 4.78 is 0. The summed E-state index contributed by atoms with van der Waals surface area (Å²) in [5.41, 5.74) is 2.12. The lowest BCUT2D eigenvalue weighted by molar-refractivity contribution is 0.787. The molecule has 0 aliphatic rings. The minimum atomic E-state index is 0.479. The van der Waals surface area contributed by atoms with Crippen molar-refractivity contribution in [2.24, 2.45) is 5.92 Å². The lowest BCUT2D eigenvalue weighted by atomic mass is 9.98. The fourth-order valence-corrected chi connectivity index (χ4v) is 0.761. The van der Waals surface area contributed by atoms with Crippen molar-refractivity contribution in [1.82, 2.24) is 0 Å². The highest BCUT2D eigenvalue weighted by Crippen LogP contribution is 2.16. The average molecular weight is 162 g/mol. The maximum Gasteiger partial charge on any atom is -0.0219 e. The highest BCUT2D eigenvalue weighted by atomic mass is 14.0. The van der Waals surface area contributed by atoms with E-state index in [1.807, 2.05) is 31.2 Å². The minimum Gasteiger partial charge on any atom is -0.0950 e. The summed E-state index contributed by atoms with van der Waals surface area (Å²) in [5.74, 6) is 0.479. The van der Waals surface area contributed by atoms with Gasteiger partial charge in [-0.15, -0.1) is 0 Å². The van der Waals surface area contributed by atoms with Gasteiger partial charge in [0, 0.05) is 0 Å². The van der Waals surface area contributed by atoms with Crippen molar-refractivity contribution < 1.29 is 0 Å². The Hall–Kier alpha value is -1.04. The highest BCUT2D eigenvalue weighted by molar-refractivity contribution is 5.37. The number of hydrogen-bond acceptors (Lipinski definition) is 0. The van der Waals surface area contributed by atoms with Crippen molar-refractivity contribution in [2.75, 3.05) is 0 Å². The summed E-state index contributed by atoms with van der Waals surface area (Å²) in [7, 11) is 0. The van der Waals surface area contributed by atoms with Crippen LogP contribution >= 0.6 is 0 Å². The van der Waals surface area contributed by atoms with Gasteiger partial charge < -0.3 is 0 Å². The Labute approximate surface area is 76.0 Å². The van der Waals surface area contributed by atoms with Crippen LogP contribution in [-0.2, 0) is 0 Å². The van der Waals surface area contributed by atoms with Gasteiger partial charge in [0.05, 0.1) is 0 Å². The molecule has 0 fully saturated rings. The first-order valence-electron chi connectivity index (χ1n) is 4.27. The molecule has 0 saturated heterocycles. The molecule has 0 saturated carbocycles. The van der Waals surface area contributed by atoms with Crippen molar-refractivity contribution in [3.05, 3.63) is 48.6 Å². The molecule has 0 nitrogen and oxygen atoms in total. The van der Waals surface area contributed by atoms with Gasteiger partial charge in [-0.3, -0.25) is 0 Å². The Bertz CT molecular complexity index is 214. The molecule has 66 valence electrons. The van der Waals surface area contributed by atoms with Gasteiger partial charge >= 0.3 is 0 Å². The van der Waals surface area contributed by atoms with Gasteiger partial charge in [-0.05, 0) is 24.0 Å². The maximum absolute atomic E-state index is 3.96. The van der Waals surface area contributed by atoms with Gasteiger partial charge in [-0.2, -0.15) is 0 Å². The van der Waals surface area contributed by atoms with E-state index in [2.05, 4.69) is 27.0 Å². The first-order valence-corrected chi connectivity index (χ1v) is 4.27. The van der Waals surface area contributed by atoms with Crippen LogP contribution in [0.15, 0.2) is 48.6 Å². The summed E-state index contributed by atoms with van der Waals surface area (Å²) in [6, 6.07) is 0. The average Bonchev–Trinajstić information content (AvgIpc) is 2.03. The molecule has 0 atom stereocenters. The van der Waals surface area contributed by atoms with Crippen LogP contribution in [0.1, 0.15) is 20.8 Å². The summed E-state index contributed by atoms with van der Waals surface area (Å²) in [6.45, 7) is 14.1. The van der Waals surface area contributed by atoms with E-state index in [-0.39, 0.29) is 0 Å². The molecule has 0 heterocycles. The minimum absolute atomic E-state index is 0.479. The lowest BCUT2D eigenvalue weighted by Crippen LogP contribution is -1.92. The van der Waals surface area contributed by atoms with Crippen molar-refractivity contribution in [3.63, 3.8) is 0 Å². The van der Waals surface area contributed by atoms with E-state index in [1.165, 1.54) is 0 Å². The van der Waals surface area contributed by atoms with Crippen molar-refractivity contribution in [1.29, 1.82) is 0 Å². The third-order valence-corrected chi connectivity index (χ3v) is 1.71. The highest BCUT2D eigenvalue weighted by Gasteiger charge is 2.00. The Morgan fingerprint density at radius 3 is 2.17 bits per heavy atom. The molecule has 0 aromatic rings. The first-order chi connectivity index (χ1) is 5.59. The van der Waals surface area contributed by atoms with Crippen LogP contribution < -0.4 is 0 Å². The molecule has 0 amide bonds. The molecule has 0 aromatic heterocycles. The van der Waals surface area contributed by atoms with Crippen LogP contribution in [0.5, 0.6) is 0 Å². The molecule has 0 aliphatic heterocycles. The molecular formula is C12H18. The summed E-state index contributed by atoms with van der Waals surface area (Å²) in [5, 5.41) is 0. The van der Waals surface area contributed by atoms with E-state index in [9.17, 15) is 0 Å². The van der Waals surface area contributed by atoms with E-state index < -0.39 is 0 Å². The van der Waals surface area contributed by atoms with Crippen LogP contribution in [0.4, 0.5) is 0 Å². The van der Waals surface area contributed by atoms with Crippen molar-refractivity contribution >= 4 is 0 Å². The third kappa shape index (κ3) is 3.97. The smallest absolute Gasteiger partial charge is 0.0219 e. The predicted molar refractivity (Wildman–Crippen MR) is 57.1 cm³/mol. The Morgan fingerprint density at radius 1 is 1.17 bits per heavy atom. The van der Waals surface area contributed by atoms with Gasteiger partial charge in [0.1, 0.15) is 0 Å². The third-order valence-electron chi connectivity index (χ3n) is 1.71. The quantitative estimate of drug-likeness (QED) is 0.550. The Kier molecular flexibility index (Phi) is 5.11. The molecule has 0 aliphatic carbocycles. The van der Waals surface area contributed by atoms with Crippen molar-refractivity contribution in [2.45, 2.75) is 20.8 Å². The SMILES string of the molecule is C=C(/C=C\C=C/C)C(=C)C(C)C. The van der Waals surface area contributed by atoms with E-state index in [0.717, 1.165) is 11.1 Å². The summed E-state index contributed by atoms with van der Waals surface area (Å²) in [4.78, 5) is 0. The second-order valence-electron chi connectivity index (χ2n) is 3.09. The van der Waals surface area contributed by atoms with E-state index in [1.54, 1.807) is 0 Å². The fraction of sp³-hybridized carbons (Fsp3) is 0.333. The molecule has 0 radical (unpaired) electrons. The Balaban J connectivity index is 4.14. The zero-order chi connectivity index (χ0) is 9.56. The standard InChI is InChI=1S/C12H18/c1-6-7-8-9-11(4)12(5)10(2)3/h6-10H,4-5H2,1-3H3/b7-6-,9-8-. The van der Waals surface area contributed by atoms with Crippen LogP contribution in [0.25, 0.3) is 0 Å². The molecular weight excluding hydrogens is 144 g/mol. The van der Waals surface area contributed by atoms with Gasteiger partial charge in [0.25, 0.3) is 0 Å². The van der Waals surface area contributed by atoms with Gasteiger partial charge in [0.15, 0.2) is 0 Å². The van der Waals surface area contributed by atoms with Gasteiger partial charge in [0.2, 0.25) is 0 Å². The molecule has 0 unspecified atom stereocenters. The summed E-state index contributed by atoms with van der Waals surface area (Å²) in [6.07, 6.45) is 7.94. The number of allylic oxidation sites excluding steroid dienone is 6. The zero-order valence-electron chi connectivity index (χ0n) is 8.30. The van der Waals surface area contributed by atoms with E-state index in [4.69, 9.17) is 0 Å². The molecule has 0 bridgehead atoms. The van der Waals surface area contributed by atoms with Gasteiger partial charge in [-0.25, -0.2) is 0 Å². The number of hydrogen-bond donors (Lipinski definition) is 0. The van der Waals surface area contributed by atoms with Crippen molar-refractivity contribution in [3.8, 4) is 0 Å². The predicted octanol–water partition coefficient (Wildman–Crippen LogP) is 3.89. The lowest BCUT2D eigenvalue weighted by Gasteiger charge is -2.07. The van der Waals surface area contributed by atoms with Crippen LogP contribution in [0, 0.1) is 5.92 Å². The molecule has 0 rings (SSSR count). The normalized spacial score (nSPS) is 11.7. The second kappa shape index (κ2) is 5.59. The summed E-state index contributed by atoms with van der Waals surface area (Å²) >= 11 is 0. The monoisotopic (exact) mass is 162 g/mol. The molecule has 0 heteroatoms. The van der Waals surface area contributed by atoms with E-state index in [0.29, 0.717) is 5.92 Å². The van der Waals surface area contributed by atoms with E-state index >= 15 is 0 Å². The second-order valence-corrected chi connectivity index (χ2v) is 3.09. The zero-order valence-corrected chi connectivity index (χ0v) is 8.30. The number of rotatable bonds is 4. The molecule has 0 N–H and O–H groups in total. The Morgan fingerprint density at radius 2 is 1.75 bits per heavy atom. The fourth-order valence-electron chi connectivity index (χ4n) is 0.761. The molecule has 0 spiro atoms. The largest absolute Gasteiger partial charge is 0.0950 e. The maximum atomic E-state index is 3.96. The topological polar surface area (TPSA) is 0 Å². The van der Waals surface area contributed by atoms with Crippen LogP contribution in [0.2, 0.25) is 0 Å². The van der Waals surface area contributed by atoms with Crippen LogP contribution in [0.3, 0.4) is 0 Å². The van der Waals surface area contributed by atoms with Gasteiger partial charge in [-0.1, -0.05) is 51.3 Å². The molecule has 0 aromatic carbocycles. The molecule has 12 heavy (non-hydrogen) atoms. The van der Waals surface area contributed by atoms with Crippen LogP contribution in [-0.4, -0.2) is 0 Å². The first kappa shape index (κ1) is 11.0.